The Labute approximate surface area is 140 Å². The molecule has 0 aliphatic carbocycles. The number of aliphatic hydroxyl groups is 1. The van der Waals surface area contributed by atoms with Gasteiger partial charge in [-0.3, -0.25) is 0 Å². The molecule has 0 aliphatic rings. The SMILES string of the molecule is O.O.O=C([O-])CC(O)(CC(=O)[O-])C(=O)[O-].[Na+].[Na+]. The van der Waals surface area contributed by atoms with Crippen LogP contribution in [0.4, 0.5) is 0 Å². The van der Waals surface area contributed by atoms with Gasteiger partial charge in [0.25, 0.3) is 0 Å². The summed E-state index contributed by atoms with van der Waals surface area (Å²) < 4.78 is 0. The third kappa shape index (κ3) is 12.5. The van der Waals surface area contributed by atoms with Crippen molar-refractivity contribution < 1.29 is 105 Å². The van der Waals surface area contributed by atoms with Gasteiger partial charge in [-0.15, -0.1) is 0 Å². The quantitative estimate of drug-likeness (QED) is 0.477. The van der Waals surface area contributed by atoms with E-state index in [1.165, 1.54) is 0 Å². The monoisotopic (exact) mass is 271 g/mol. The number of hydrogen-bond donors (Lipinski definition) is 1. The van der Waals surface area contributed by atoms with Crippen LogP contribution in [0.2, 0.25) is 0 Å². The Morgan fingerprint density at radius 3 is 1.24 bits per heavy atom. The van der Waals surface area contributed by atoms with Crippen LogP contribution >= 0.6 is 0 Å². The first-order chi connectivity index (χ1) is 5.78. The third-order valence-corrected chi connectivity index (χ3v) is 1.25. The zero-order valence-corrected chi connectivity index (χ0v) is 13.3. The van der Waals surface area contributed by atoms with Crippen molar-refractivity contribution in [3.63, 3.8) is 0 Å². The Hall–Kier alpha value is 0.290. The fourth-order valence-corrected chi connectivity index (χ4v) is 0.684. The van der Waals surface area contributed by atoms with E-state index < -0.39 is 36.4 Å². The predicted molar refractivity (Wildman–Crippen MR) is 36.4 cm³/mol. The Bertz CT molecular complexity index is 238. The van der Waals surface area contributed by atoms with Gasteiger partial charge in [-0.25, -0.2) is 0 Å². The molecule has 0 spiro atoms. The Morgan fingerprint density at radius 1 is 0.882 bits per heavy atom. The summed E-state index contributed by atoms with van der Waals surface area (Å²) in [6.07, 6.45) is -2.72. The van der Waals surface area contributed by atoms with Gasteiger partial charge in [-0.1, -0.05) is 0 Å². The van der Waals surface area contributed by atoms with Gasteiger partial charge in [0, 0.05) is 24.8 Å². The molecule has 5 N–H and O–H groups in total. The van der Waals surface area contributed by atoms with Gasteiger partial charge in [0.05, 0.1) is 5.97 Å². The molecule has 0 saturated heterocycles. The second kappa shape index (κ2) is 12.7. The van der Waals surface area contributed by atoms with Crippen LogP contribution in [-0.4, -0.2) is 39.6 Å². The molecule has 0 aromatic rings. The molecule has 0 aromatic heterocycles. The van der Waals surface area contributed by atoms with E-state index in [4.69, 9.17) is 5.11 Å². The largest absolute Gasteiger partial charge is 1.00 e. The molecule has 0 unspecified atom stereocenters. The molecule has 0 fully saturated rings. The summed E-state index contributed by atoms with van der Waals surface area (Å²) in [5.41, 5.74) is -2.97. The summed E-state index contributed by atoms with van der Waals surface area (Å²) in [5.74, 6) is -5.98. The van der Waals surface area contributed by atoms with E-state index in [2.05, 4.69) is 0 Å². The first-order valence-electron chi connectivity index (χ1n) is 3.11. The molecule has 90 valence electrons. The molecule has 0 aromatic carbocycles. The van der Waals surface area contributed by atoms with Crippen molar-refractivity contribution >= 4 is 17.9 Å². The molecule has 0 aliphatic heterocycles. The third-order valence-electron chi connectivity index (χ3n) is 1.25. The van der Waals surface area contributed by atoms with E-state index in [0.29, 0.717) is 0 Å². The summed E-state index contributed by atoms with van der Waals surface area (Å²) in [6.45, 7) is 0. The normalized spacial score (nSPS) is 8.29. The van der Waals surface area contributed by atoms with E-state index in [-0.39, 0.29) is 70.1 Å². The van der Waals surface area contributed by atoms with Crippen molar-refractivity contribution in [3.05, 3.63) is 0 Å². The smallest absolute Gasteiger partial charge is 0.550 e. The number of rotatable bonds is 5. The fourth-order valence-electron chi connectivity index (χ4n) is 0.684. The summed E-state index contributed by atoms with van der Waals surface area (Å²) in [6, 6.07) is 0. The number of hydrogen-bond acceptors (Lipinski definition) is 7. The van der Waals surface area contributed by atoms with Gasteiger partial charge in [0.2, 0.25) is 0 Å². The minimum Gasteiger partial charge on any atom is -0.550 e. The van der Waals surface area contributed by atoms with E-state index in [1.54, 1.807) is 0 Å². The number of carbonyl (C=O) groups is 3. The Balaban J connectivity index is -0.000000120. The minimum absolute atomic E-state index is 0. The minimum atomic E-state index is -2.97. The number of carbonyl (C=O) groups excluding carboxylic acids is 3. The molecule has 17 heavy (non-hydrogen) atoms. The zero-order valence-electron chi connectivity index (χ0n) is 9.31. The fraction of sp³-hybridized carbons (Fsp3) is 0.500. The standard InChI is InChI=1S/C6H8O7.2Na.2H2O/c7-3(8)1-6(13,5(11)12)2-4(9)10;;;;/h13H,1-2H2,(H,7,8)(H,9,10)(H,11,12);;;2*1H2/q;2*+1;;/p-3. The second-order valence-electron chi connectivity index (χ2n) is 2.42. The average molecular weight is 271 g/mol. The maximum Gasteiger partial charge on any atom is 1.00 e. The first-order valence-corrected chi connectivity index (χ1v) is 3.11. The molecule has 0 saturated carbocycles. The zero-order chi connectivity index (χ0) is 10.6. The van der Waals surface area contributed by atoms with Crippen molar-refractivity contribution in [2.75, 3.05) is 0 Å². The molecule has 9 nitrogen and oxygen atoms in total. The number of carboxylic acids is 3. The summed E-state index contributed by atoms with van der Waals surface area (Å²) in [7, 11) is 0. The molecule has 0 atom stereocenters. The van der Waals surface area contributed by atoms with Crippen molar-refractivity contribution in [2.24, 2.45) is 0 Å². The van der Waals surface area contributed by atoms with Crippen LogP contribution in [0, 0.1) is 0 Å². The molecule has 0 heterocycles. The van der Waals surface area contributed by atoms with E-state index >= 15 is 0 Å². The molecule has 11 heteroatoms. The van der Waals surface area contributed by atoms with Gasteiger partial charge in [-0.05, 0) is 0 Å². The average Bonchev–Trinajstić information content (AvgIpc) is 1.82. The maximum atomic E-state index is 10.1. The number of carboxylic acid groups (broad SMARTS) is 3. The molecule has 0 rings (SSSR count). The van der Waals surface area contributed by atoms with Crippen LogP contribution in [0.1, 0.15) is 12.8 Å². The topological polar surface area (TPSA) is 204 Å². The summed E-state index contributed by atoms with van der Waals surface area (Å²) in [4.78, 5) is 30.0. The molecule has 0 radical (unpaired) electrons. The second-order valence-corrected chi connectivity index (χ2v) is 2.42. The van der Waals surface area contributed by atoms with Crippen LogP contribution in [0.5, 0.6) is 0 Å². The van der Waals surface area contributed by atoms with Crippen LogP contribution in [0.3, 0.4) is 0 Å². The van der Waals surface area contributed by atoms with E-state index in [0.717, 1.165) is 0 Å². The predicted octanol–water partition coefficient (Wildman–Crippen LogP) is -12.9. The Kier molecular flexibility index (Phi) is 22.8. The van der Waals surface area contributed by atoms with Crippen LogP contribution in [0.25, 0.3) is 0 Å². The van der Waals surface area contributed by atoms with Gasteiger partial charge in [0.1, 0.15) is 5.60 Å². The number of aliphatic carboxylic acids is 3. The maximum absolute atomic E-state index is 10.1. The first kappa shape index (κ1) is 30.4. The Morgan fingerprint density at radius 2 is 1.12 bits per heavy atom. The van der Waals surface area contributed by atoms with E-state index in [9.17, 15) is 29.7 Å². The molecular formula is C6H9Na2O9-. The van der Waals surface area contributed by atoms with Crippen molar-refractivity contribution in [1.29, 1.82) is 0 Å². The van der Waals surface area contributed by atoms with Gasteiger partial charge in [0.15, 0.2) is 0 Å². The van der Waals surface area contributed by atoms with E-state index in [1.807, 2.05) is 0 Å². The van der Waals surface area contributed by atoms with Gasteiger partial charge in [-0.2, -0.15) is 0 Å². The van der Waals surface area contributed by atoms with Crippen molar-refractivity contribution in [1.82, 2.24) is 0 Å². The summed E-state index contributed by atoms with van der Waals surface area (Å²) >= 11 is 0. The van der Waals surface area contributed by atoms with Gasteiger partial charge < -0.3 is 45.8 Å². The molecular weight excluding hydrogens is 262 g/mol. The molecule has 0 amide bonds. The van der Waals surface area contributed by atoms with Crippen molar-refractivity contribution in [3.8, 4) is 0 Å². The molecule has 0 bridgehead atoms. The van der Waals surface area contributed by atoms with Crippen LogP contribution in [0.15, 0.2) is 0 Å². The van der Waals surface area contributed by atoms with Crippen LogP contribution in [-0.2, 0) is 14.4 Å². The van der Waals surface area contributed by atoms with Gasteiger partial charge >= 0.3 is 59.1 Å². The van der Waals surface area contributed by atoms with Crippen molar-refractivity contribution in [2.45, 2.75) is 18.4 Å². The summed E-state index contributed by atoms with van der Waals surface area (Å²) in [5, 5.41) is 38.9. The van der Waals surface area contributed by atoms with Crippen LogP contribution < -0.4 is 74.4 Å².